The third-order valence-electron chi connectivity index (χ3n) is 2.35. The van der Waals surface area contributed by atoms with Gasteiger partial charge in [0.2, 0.25) is 0 Å². The number of ether oxygens (including phenoxy) is 1. The topological polar surface area (TPSA) is 21.3 Å². The Bertz CT molecular complexity index is 126. The average Bonchev–Trinajstić information content (AvgIpc) is 2.64. The monoisotopic (exact) mass is 203 g/mol. The summed E-state index contributed by atoms with van der Waals surface area (Å²) < 4.78 is 5.34. The molecule has 0 aliphatic carbocycles. The van der Waals surface area contributed by atoms with Gasteiger partial charge in [-0.1, -0.05) is 0 Å². The van der Waals surface area contributed by atoms with Crippen LogP contribution < -0.4 is 5.32 Å². The lowest BCUT2D eigenvalue weighted by molar-refractivity contribution is 0.126. The molecular formula is C10H21NOS. The molecule has 13 heavy (non-hydrogen) atoms. The first kappa shape index (κ1) is 11.3. The van der Waals surface area contributed by atoms with Crippen molar-refractivity contribution >= 4 is 11.8 Å². The van der Waals surface area contributed by atoms with E-state index in [1.165, 1.54) is 24.5 Å². The van der Waals surface area contributed by atoms with Crippen LogP contribution in [0.15, 0.2) is 0 Å². The zero-order chi connectivity index (χ0) is 9.52. The lowest BCUT2D eigenvalue weighted by Crippen LogP contribution is -2.34. The highest BCUT2D eigenvalue weighted by atomic mass is 32.2. The van der Waals surface area contributed by atoms with Gasteiger partial charge in [-0.3, -0.25) is 0 Å². The van der Waals surface area contributed by atoms with Crippen molar-refractivity contribution in [3.63, 3.8) is 0 Å². The van der Waals surface area contributed by atoms with Crippen LogP contribution in [0.3, 0.4) is 0 Å². The summed E-state index contributed by atoms with van der Waals surface area (Å²) in [5, 5.41) is 3.52. The van der Waals surface area contributed by atoms with E-state index in [1.807, 2.05) is 6.92 Å². The van der Waals surface area contributed by atoms with Crippen molar-refractivity contribution in [3.8, 4) is 0 Å². The SMILES string of the molecule is CCOCC(C)NCC1CCSC1. The van der Waals surface area contributed by atoms with Gasteiger partial charge in [-0.25, -0.2) is 0 Å². The Morgan fingerprint density at radius 2 is 2.46 bits per heavy atom. The molecule has 1 fully saturated rings. The molecule has 78 valence electrons. The van der Waals surface area contributed by atoms with Gasteiger partial charge in [-0.05, 0) is 44.2 Å². The van der Waals surface area contributed by atoms with Crippen molar-refractivity contribution < 1.29 is 4.74 Å². The number of rotatable bonds is 6. The molecule has 0 radical (unpaired) electrons. The molecule has 2 unspecified atom stereocenters. The summed E-state index contributed by atoms with van der Waals surface area (Å²) in [6.07, 6.45) is 1.39. The minimum atomic E-state index is 0.505. The maximum atomic E-state index is 5.34. The highest BCUT2D eigenvalue weighted by Gasteiger charge is 2.15. The molecule has 0 aromatic carbocycles. The molecule has 1 heterocycles. The summed E-state index contributed by atoms with van der Waals surface area (Å²) in [6, 6.07) is 0.505. The maximum Gasteiger partial charge on any atom is 0.0616 e. The fraction of sp³-hybridized carbons (Fsp3) is 1.00. The molecule has 2 nitrogen and oxygen atoms in total. The Balaban J connectivity index is 1.97. The van der Waals surface area contributed by atoms with Gasteiger partial charge >= 0.3 is 0 Å². The highest BCUT2D eigenvalue weighted by Crippen LogP contribution is 2.22. The highest BCUT2D eigenvalue weighted by molar-refractivity contribution is 7.99. The maximum absolute atomic E-state index is 5.34. The van der Waals surface area contributed by atoms with Crippen molar-refractivity contribution in [1.82, 2.24) is 5.32 Å². The van der Waals surface area contributed by atoms with Crippen LogP contribution in [0.5, 0.6) is 0 Å². The standard InChI is InChI=1S/C10H21NOS/c1-3-12-7-9(2)11-6-10-4-5-13-8-10/h9-11H,3-8H2,1-2H3. The van der Waals surface area contributed by atoms with Crippen LogP contribution >= 0.6 is 11.8 Å². The van der Waals surface area contributed by atoms with Crippen LogP contribution in [0, 0.1) is 5.92 Å². The van der Waals surface area contributed by atoms with Crippen molar-refractivity contribution in [1.29, 1.82) is 0 Å². The zero-order valence-corrected chi connectivity index (χ0v) is 9.53. The summed E-state index contributed by atoms with van der Waals surface area (Å²) in [6.45, 7) is 7.07. The molecule has 2 atom stereocenters. The molecule has 1 aliphatic heterocycles. The van der Waals surface area contributed by atoms with E-state index >= 15 is 0 Å². The van der Waals surface area contributed by atoms with Crippen molar-refractivity contribution in [2.75, 3.05) is 31.3 Å². The van der Waals surface area contributed by atoms with Crippen LogP contribution in [-0.4, -0.2) is 37.3 Å². The van der Waals surface area contributed by atoms with Gasteiger partial charge in [0.05, 0.1) is 6.61 Å². The van der Waals surface area contributed by atoms with E-state index in [-0.39, 0.29) is 0 Å². The summed E-state index contributed by atoms with van der Waals surface area (Å²) in [5.41, 5.74) is 0. The van der Waals surface area contributed by atoms with Crippen molar-refractivity contribution in [2.45, 2.75) is 26.3 Å². The van der Waals surface area contributed by atoms with Crippen molar-refractivity contribution in [2.24, 2.45) is 5.92 Å². The zero-order valence-electron chi connectivity index (χ0n) is 8.71. The summed E-state index contributed by atoms with van der Waals surface area (Å²) >= 11 is 2.08. The van der Waals surface area contributed by atoms with E-state index in [0.29, 0.717) is 6.04 Å². The van der Waals surface area contributed by atoms with Gasteiger partial charge in [-0.15, -0.1) is 0 Å². The second-order valence-corrected chi connectivity index (χ2v) is 4.85. The molecule has 1 saturated heterocycles. The minimum Gasteiger partial charge on any atom is -0.380 e. The second-order valence-electron chi connectivity index (χ2n) is 3.70. The number of hydrogen-bond acceptors (Lipinski definition) is 3. The van der Waals surface area contributed by atoms with Crippen molar-refractivity contribution in [3.05, 3.63) is 0 Å². The smallest absolute Gasteiger partial charge is 0.0616 e. The lowest BCUT2D eigenvalue weighted by Gasteiger charge is -2.16. The van der Waals surface area contributed by atoms with Gasteiger partial charge in [0.25, 0.3) is 0 Å². The van der Waals surface area contributed by atoms with Crippen LogP contribution in [0.4, 0.5) is 0 Å². The predicted molar refractivity (Wildman–Crippen MR) is 59.4 cm³/mol. The third-order valence-corrected chi connectivity index (χ3v) is 3.58. The first-order valence-corrected chi connectivity index (χ1v) is 6.37. The molecule has 0 aromatic heterocycles. The minimum absolute atomic E-state index is 0.505. The first-order chi connectivity index (χ1) is 6.33. The summed E-state index contributed by atoms with van der Waals surface area (Å²) in [7, 11) is 0. The predicted octanol–water partition coefficient (Wildman–Crippen LogP) is 1.75. The van der Waals surface area contributed by atoms with Crippen LogP contribution in [0.1, 0.15) is 20.3 Å². The molecule has 0 amide bonds. The molecule has 1 aliphatic rings. The Morgan fingerprint density at radius 1 is 1.62 bits per heavy atom. The largest absolute Gasteiger partial charge is 0.380 e. The van der Waals surface area contributed by atoms with E-state index in [4.69, 9.17) is 4.74 Å². The van der Waals surface area contributed by atoms with Gasteiger partial charge in [0.15, 0.2) is 0 Å². The number of nitrogens with one attached hydrogen (secondary N) is 1. The van der Waals surface area contributed by atoms with E-state index in [9.17, 15) is 0 Å². The quantitative estimate of drug-likeness (QED) is 0.710. The summed E-state index contributed by atoms with van der Waals surface area (Å²) in [4.78, 5) is 0. The Hall–Kier alpha value is 0.270. The molecule has 0 bridgehead atoms. The van der Waals surface area contributed by atoms with Gasteiger partial charge in [0.1, 0.15) is 0 Å². The number of thioether (sulfide) groups is 1. The van der Waals surface area contributed by atoms with Gasteiger partial charge in [0, 0.05) is 12.6 Å². The molecule has 1 N–H and O–H groups in total. The Kier molecular flexibility index (Phi) is 5.83. The van der Waals surface area contributed by atoms with E-state index in [1.54, 1.807) is 0 Å². The Morgan fingerprint density at radius 3 is 3.08 bits per heavy atom. The lowest BCUT2D eigenvalue weighted by atomic mass is 10.1. The third kappa shape index (κ3) is 4.89. The fourth-order valence-corrected chi connectivity index (χ4v) is 2.75. The molecular weight excluding hydrogens is 182 g/mol. The average molecular weight is 203 g/mol. The van der Waals surface area contributed by atoms with Gasteiger partial charge in [-0.2, -0.15) is 11.8 Å². The van der Waals surface area contributed by atoms with E-state index in [0.717, 1.165) is 19.1 Å². The molecule has 3 heteroatoms. The normalized spacial score (nSPS) is 24.9. The second kappa shape index (κ2) is 6.68. The Labute approximate surface area is 85.8 Å². The molecule has 1 rings (SSSR count). The summed E-state index contributed by atoms with van der Waals surface area (Å²) in [5.74, 6) is 3.59. The van der Waals surface area contributed by atoms with Gasteiger partial charge < -0.3 is 10.1 Å². The van der Waals surface area contributed by atoms with E-state index < -0.39 is 0 Å². The fourth-order valence-electron chi connectivity index (χ4n) is 1.47. The number of hydrogen-bond donors (Lipinski definition) is 1. The first-order valence-electron chi connectivity index (χ1n) is 5.21. The molecule has 0 spiro atoms. The van der Waals surface area contributed by atoms with E-state index in [2.05, 4.69) is 24.0 Å². The molecule has 0 saturated carbocycles. The van der Waals surface area contributed by atoms with Crippen LogP contribution in [0.2, 0.25) is 0 Å². The van der Waals surface area contributed by atoms with Crippen LogP contribution in [-0.2, 0) is 4.74 Å². The molecule has 0 aromatic rings. The van der Waals surface area contributed by atoms with Crippen LogP contribution in [0.25, 0.3) is 0 Å².